The zero-order valence-corrected chi connectivity index (χ0v) is 18.6. The van der Waals surface area contributed by atoms with Crippen LogP contribution in [0, 0.1) is 11.8 Å². The minimum Gasteiger partial charge on any atom is -0.506 e. The molecule has 32 heavy (non-hydrogen) atoms. The van der Waals surface area contributed by atoms with Crippen molar-refractivity contribution in [3.05, 3.63) is 57.5 Å². The molecule has 3 unspecified atom stereocenters. The fourth-order valence-corrected chi connectivity index (χ4v) is 6.69. The molecule has 2 aromatic heterocycles. The van der Waals surface area contributed by atoms with Crippen molar-refractivity contribution in [1.82, 2.24) is 4.90 Å². The first kappa shape index (κ1) is 19.8. The number of para-hydroxylation sites is 1. The van der Waals surface area contributed by atoms with Gasteiger partial charge in [-0.25, -0.2) is 4.79 Å². The third-order valence-corrected chi connectivity index (χ3v) is 8.12. The van der Waals surface area contributed by atoms with E-state index in [0.717, 1.165) is 6.42 Å². The molecule has 3 fully saturated rings. The van der Waals surface area contributed by atoms with Crippen LogP contribution < -0.4 is 5.63 Å². The van der Waals surface area contributed by atoms with E-state index in [-0.39, 0.29) is 29.0 Å². The number of furan rings is 1. The third-order valence-electron chi connectivity index (χ3n) is 6.79. The van der Waals surface area contributed by atoms with Crippen molar-refractivity contribution in [2.45, 2.75) is 31.7 Å². The Balaban J connectivity index is 1.31. The Bertz CT molecular complexity index is 1370. The van der Waals surface area contributed by atoms with E-state index in [1.165, 1.54) is 31.0 Å². The predicted molar refractivity (Wildman–Crippen MR) is 126 cm³/mol. The molecule has 1 amide bonds. The van der Waals surface area contributed by atoms with Crippen LogP contribution in [0.1, 0.15) is 31.4 Å². The molecular weight excluding hydrogens is 446 g/mol. The molecule has 3 atom stereocenters. The Kier molecular flexibility index (Phi) is 4.55. The van der Waals surface area contributed by atoms with Crippen molar-refractivity contribution in [2.24, 2.45) is 11.8 Å². The van der Waals surface area contributed by atoms with Crippen LogP contribution in [-0.4, -0.2) is 26.3 Å². The number of hydrogen-bond acceptors (Lipinski definition) is 7. The van der Waals surface area contributed by atoms with Crippen LogP contribution in [0.4, 0.5) is 0 Å². The van der Waals surface area contributed by atoms with Gasteiger partial charge in [-0.1, -0.05) is 42.5 Å². The lowest BCUT2D eigenvalue weighted by molar-refractivity contribution is -0.124. The van der Waals surface area contributed by atoms with Crippen molar-refractivity contribution < 1.29 is 18.7 Å². The number of aromatic hydroxyl groups is 1. The summed E-state index contributed by atoms with van der Waals surface area (Å²) in [4.78, 5) is 27.9. The van der Waals surface area contributed by atoms with Gasteiger partial charge in [0.1, 0.15) is 32.7 Å². The minimum atomic E-state index is -0.690. The van der Waals surface area contributed by atoms with E-state index in [1.807, 2.05) is 0 Å². The summed E-state index contributed by atoms with van der Waals surface area (Å²) in [7, 11) is 0. The molecule has 2 aliphatic carbocycles. The predicted octanol–water partition coefficient (Wildman–Crippen LogP) is 5.15. The van der Waals surface area contributed by atoms with E-state index < -0.39 is 5.63 Å². The van der Waals surface area contributed by atoms with Crippen molar-refractivity contribution in [1.29, 1.82) is 0 Å². The molecule has 1 aliphatic heterocycles. The van der Waals surface area contributed by atoms with Gasteiger partial charge in [0, 0.05) is 12.1 Å². The first-order valence-electron chi connectivity index (χ1n) is 10.6. The Morgan fingerprint density at radius 2 is 1.94 bits per heavy atom. The van der Waals surface area contributed by atoms with E-state index >= 15 is 0 Å². The molecule has 8 heteroatoms. The molecular formula is C24H19NO5S2. The second-order valence-electron chi connectivity index (χ2n) is 8.61. The minimum absolute atomic E-state index is 0.0436. The van der Waals surface area contributed by atoms with Gasteiger partial charge < -0.3 is 13.9 Å². The van der Waals surface area contributed by atoms with Crippen LogP contribution in [0.25, 0.3) is 28.4 Å². The largest absolute Gasteiger partial charge is 0.506 e. The van der Waals surface area contributed by atoms with Gasteiger partial charge in [0.25, 0.3) is 5.91 Å². The molecule has 2 saturated carbocycles. The monoisotopic (exact) mass is 465 g/mol. The summed E-state index contributed by atoms with van der Waals surface area (Å²) in [6.45, 7) is 0. The highest BCUT2D eigenvalue weighted by Gasteiger charge is 2.48. The van der Waals surface area contributed by atoms with E-state index in [2.05, 4.69) is 0 Å². The first-order chi connectivity index (χ1) is 15.5. The summed E-state index contributed by atoms with van der Waals surface area (Å²) >= 11 is 6.82. The van der Waals surface area contributed by atoms with Crippen LogP contribution in [-0.2, 0) is 4.79 Å². The van der Waals surface area contributed by atoms with Gasteiger partial charge in [0.2, 0.25) is 0 Å². The topological polar surface area (TPSA) is 83.9 Å². The zero-order valence-electron chi connectivity index (χ0n) is 16.9. The number of carbonyl (C=O) groups is 1. The molecule has 6 nitrogen and oxygen atoms in total. The maximum absolute atomic E-state index is 13.1. The molecule has 1 aromatic carbocycles. The number of rotatable bonds is 3. The van der Waals surface area contributed by atoms with E-state index in [9.17, 15) is 14.7 Å². The maximum Gasteiger partial charge on any atom is 0.351 e. The summed E-state index contributed by atoms with van der Waals surface area (Å²) in [6.07, 6.45) is 6.31. The molecule has 3 aromatic rings. The number of thiocarbonyl (C=S) groups is 1. The molecule has 162 valence electrons. The molecule has 3 heterocycles. The van der Waals surface area contributed by atoms with Crippen LogP contribution >= 0.6 is 24.0 Å². The number of benzene rings is 1. The van der Waals surface area contributed by atoms with Gasteiger partial charge in [-0.3, -0.25) is 9.69 Å². The fourth-order valence-electron chi connectivity index (χ4n) is 5.34. The number of thioether (sulfide) groups is 1. The summed E-state index contributed by atoms with van der Waals surface area (Å²) < 4.78 is 11.7. The zero-order chi connectivity index (χ0) is 22.0. The number of nitrogens with zero attached hydrogens (tertiary/aromatic N) is 1. The van der Waals surface area contributed by atoms with Gasteiger partial charge in [-0.15, -0.1) is 0 Å². The normalized spacial score (nSPS) is 26.2. The highest BCUT2D eigenvalue weighted by Crippen LogP contribution is 2.49. The van der Waals surface area contributed by atoms with Crippen LogP contribution in [0.3, 0.4) is 0 Å². The maximum atomic E-state index is 13.1. The second-order valence-corrected chi connectivity index (χ2v) is 10.3. The first-order valence-corrected chi connectivity index (χ1v) is 11.8. The SMILES string of the molecule is O=C1/C(=C/c2ccc(-c3c(O)c4ccccc4oc3=O)o2)SC(=S)N1C1CC2CCC1C2. The summed E-state index contributed by atoms with van der Waals surface area (Å²) in [5.74, 6) is 1.57. The van der Waals surface area contributed by atoms with Crippen molar-refractivity contribution >= 4 is 51.3 Å². The van der Waals surface area contributed by atoms with E-state index in [0.29, 0.717) is 37.8 Å². The Labute approximate surface area is 192 Å². The Morgan fingerprint density at radius 1 is 1.09 bits per heavy atom. The Morgan fingerprint density at radius 3 is 2.72 bits per heavy atom. The molecule has 1 N–H and O–H groups in total. The average molecular weight is 466 g/mol. The second kappa shape index (κ2) is 7.35. The van der Waals surface area contributed by atoms with Crippen LogP contribution in [0.15, 0.2) is 54.9 Å². The van der Waals surface area contributed by atoms with Crippen molar-refractivity contribution in [2.75, 3.05) is 0 Å². The molecule has 0 radical (unpaired) electrons. The van der Waals surface area contributed by atoms with Crippen molar-refractivity contribution in [3.8, 4) is 17.1 Å². The summed E-state index contributed by atoms with van der Waals surface area (Å²) in [5.41, 5.74) is -0.433. The quantitative estimate of drug-likeness (QED) is 0.325. The number of fused-ring (bicyclic) bond motifs is 3. The average Bonchev–Trinajstić information content (AvgIpc) is 3.55. The molecule has 6 rings (SSSR count). The van der Waals surface area contributed by atoms with E-state index in [1.54, 1.807) is 47.4 Å². The number of amides is 1. The summed E-state index contributed by atoms with van der Waals surface area (Å²) in [6, 6.07) is 10.2. The summed E-state index contributed by atoms with van der Waals surface area (Å²) in [5, 5.41) is 11.1. The molecule has 0 spiro atoms. The lowest BCUT2D eigenvalue weighted by Gasteiger charge is -2.30. The highest BCUT2D eigenvalue weighted by atomic mass is 32.2. The van der Waals surface area contributed by atoms with Gasteiger partial charge >= 0.3 is 5.63 Å². The van der Waals surface area contributed by atoms with Gasteiger partial charge in [-0.2, -0.15) is 0 Å². The molecule has 3 aliphatic rings. The van der Waals surface area contributed by atoms with Crippen LogP contribution in [0.2, 0.25) is 0 Å². The lowest BCUT2D eigenvalue weighted by atomic mass is 9.94. The molecule has 1 saturated heterocycles. The Hall–Kier alpha value is -2.84. The standard InChI is InChI=1S/C24H19NO5S2/c26-21-15-3-1-2-4-17(15)30-23(28)20(21)18-8-7-14(29-18)11-19-22(27)25(24(31)32-19)16-10-12-5-6-13(16)9-12/h1-4,7-8,11-13,16,26H,5-6,9-10H2/b19-11-. The van der Waals surface area contributed by atoms with Gasteiger partial charge in [0.15, 0.2) is 0 Å². The third kappa shape index (κ3) is 3.04. The van der Waals surface area contributed by atoms with Crippen molar-refractivity contribution in [3.63, 3.8) is 0 Å². The van der Waals surface area contributed by atoms with Crippen LogP contribution in [0.5, 0.6) is 5.75 Å². The van der Waals surface area contributed by atoms with E-state index in [4.69, 9.17) is 21.1 Å². The van der Waals surface area contributed by atoms with Gasteiger partial charge in [0.05, 0.1) is 10.3 Å². The molecule has 2 bridgehead atoms. The smallest absolute Gasteiger partial charge is 0.351 e. The number of hydrogen-bond donors (Lipinski definition) is 1. The van der Waals surface area contributed by atoms with Gasteiger partial charge in [-0.05, 0) is 55.4 Å². The highest BCUT2D eigenvalue weighted by molar-refractivity contribution is 8.26. The number of carbonyl (C=O) groups excluding carboxylic acids is 1. The lowest BCUT2D eigenvalue weighted by Crippen LogP contribution is -2.41. The fraction of sp³-hybridized carbons (Fsp3) is 0.292.